The number of ether oxygens (including phenoxy) is 2. The lowest BCUT2D eigenvalue weighted by molar-refractivity contribution is -0.146. The van der Waals surface area contributed by atoms with Crippen molar-refractivity contribution in [2.75, 3.05) is 26.3 Å². The normalized spacial score (nSPS) is 16.7. The van der Waals surface area contributed by atoms with Crippen molar-refractivity contribution in [3.63, 3.8) is 0 Å². The highest BCUT2D eigenvalue weighted by molar-refractivity contribution is 5.81. The van der Waals surface area contributed by atoms with Crippen molar-refractivity contribution in [1.29, 1.82) is 0 Å². The quantitative estimate of drug-likeness (QED) is 0.674. The van der Waals surface area contributed by atoms with E-state index in [0.717, 1.165) is 32.5 Å². The first-order chi connectivity index (χ1) is 8.67. The molecule has 18 heavy (non-hydrogen) atoms. The fraction of sp³-hybridized carbons (Fsp3) is 0.846. The van der Waals surface area contributed by atoms with Gasteiger partial charge in [-0.3, -0.25) is 9.59 Å². The van der Waals surface area contributed by atoms with Gasteiger partial charge < -0.3 is 14.4 Å². The Bertz CT molecular complexity index is 272. The van der Waals surface area contributed by atoms with Crippen molar-refractivity contribution in [3.8, 4) is 0 Å². The molecule has 0 aromatic carbocycles. The third kappa shape index (κ3) is 5.04. The lowest BCUT2D eigenvalue weighted by atomic mass is 10.1. The van der Waals surface area contributed by atoms with Gasteiger partial charge in [0.25, 0.3) is 0 Å². The molecule has 1 saturated heterocycles. The Hall–Kier alpha value is -1.10. The first kappa shape index (κ1) is 15.0. The summed E-state index contributed by atoms with van der Waals surface area (Å²) in [5.74, 6) is -0.256. The van der Waals surface area contributed by atoms with Gasteiger partial charge in [-0.1, -0.05) is 0 Å². The molecule has 104 valence electrons. The van der Waals surface area contributed by atoms with E-state index in [0.29, 0.717) is 6.61 Å². The van der Waals surface area contributed by atoms with E-state index in [1.165, 1.54) is 0 Å². The molecule has 0 N–H and O–H groups in total. The van der Waals surface area contributed by atoms with Crippen LogP contribution in [0.2, 0.25) is 0 Å². The Morgan fingerprint density at radius 1 is 1.11 bits per heavy atom. The van der Waals surface area contributed by atoms with Crippen molar-refractivity contribution in [2.45, 2.75) is 45.6 Å². The van der Waals surface area contributed by atoms with Crippen molar-refractivity contribution in [2.24, 2.45) is 0 Å². The zero-order chi connectivity index (χ0) is 13.4. The van der Waals surface area contributed by atoms with Gasteiger partial charge in [-0.15, -0.1) is 0 Å². The van der Waals surface area contributed by atoms with Gasteiger partial charge in [-0.2, -0.15) is 0 Å². The molecule has 0 aromatic rings. The second-order valence-electron chi connectivity index (χ2n) is 4.34. The van der Waals surface area contributed by atoms with Crippen LogP contribution in [0.5, 0.6) is 0 Å². The maximum Gasteiger partial charge on any atom is 0.306 e. The monoisotopic (exact) mass is 257 g/mol. The molecule has 1 amide bonds. The minimum Gasteiger partial charge on any atom is -0.466 e. The summed E-state index contributed by atoms with van der Waals surface area (Å²) in [7, 11) is 0. The zero-order valence-electron chi connectivity index (χ0n) is 11.3. The van der Waals surface area contributed by atoms with E-state index in [-0.39, 0.29) is 30.8 Å². The van der Waals surface area contributed by atoms with E-state index in [4.69, 9.17) is 9.47 Å². The third-order valence-corrected chi connectivity index (χ3v) is 3.05. The maximum atomic E-state index is 11.8. The van der Waals surface area contributed by atoms with E-state index < -0.39 is 0 Å². The molecule has 1 aliphatic heterocycles. The second kappa shape index (κ2) is 8.08. The van der Waals surface area contributed by atoms with Crippen molar-refractivity contribution in [1.82, 2.24) is 4.90 Å². The van der Waals surface area contributed by atoms with Crippen LogP contribution >= 0.6 is 0 Å². The largest absolute Gasteiger partial charge is 0.466 e. The topological polar surface area (TPSA) is 55.8 Å². The van der Waals surface area contributed by atoms with Gasteiger partial charge in [0.2, 0.25) is 5.91 Å². The van der Waals surface area contributed by atoms with Gasteiger partial charge in [0, 0.05) is 26.1 Å². The molecule has 1 heterocycles. The first-order valence-corrected chi connectivity index (χ1v) is 6.72. The highest BCUT2D eigenvalue weighted by atomic mass is 16.5. The van der Waals surface area contributed by atoms with Crippen LogP contribution < -0.4 is 0 Å². The van der Waals surface area contributed by atoms with E-state index in [1.54, 1.807) is 6.92 Å². The standard InChI is InChI=1S/C13H23NO4/c1-3-17-11-7-9-14(10-8-11)12(15)5-6-13(16)18-4-2/h11H,3-10H2,1-2H3. The second-order valence-corrected chi connectivity index (χ2v) is 4.34. The molecule has 5 heteroatoms. The van der Waals surface area contributed by atoms with Crippen LogP contribution in [0.15, 0.2) is 0 Å². The maximum absolute atomic E-state index is 11.8. The average molecular weight is 257 g/mol. The average Bonchev–Trinajstić information content (AvgIpc) is 2.37. The minimum absolute atomic E-state index is 0.0398. The number of amides is 1. The smallest absolute Gasteiger partial charge is 0.306 e. The Labute approximate surface area is 108 Å². The van der Waals surface area contributed by atoms with E-state index in [1.807, 2.05) is 11.8 Å². The highest BCUT2D eigenvalue weighted by Crippen LogP contribution is 2.14. The molecule has 0 bridgehead atoms. The Morgan fingerprint density at radius 2 is 1.78 bits per heavy atom. The van der Waals surface area contributed by atoms with Gasteiger partial charge in [0.05, 0.1) is 19.1 Å². The number of carbonyl (C=O) groups is 2. The summed E-state index contributed by atoms with van der Waals surface area (Å²) < 4.78 is 10.3. The number of nitrogens with zero attached hydrogens (tertiary/aromatic N) is 1. The number of hydrogen-bond acceptors (Lipinski definition) is 4. The van der Waals surface area contributed by atoms with Crippen LogP contribution in [-0.4, -0.2) is 49.2 Å². The summed E-state index contributed by atoms with van der Waals surface area (Å²) in [5.41, 5.74) is 0. The number of esters is 1. The van der Waals surface area contributed by atoms with Crippen LogP contribution in [-0.2, 0) is 19.1 Å². The summed E-state index contributed by atoms with van der Waals surface area (Å²) in [5, 5.41) is 0. The van der Waals surface area contributed by atoms with Crippen LogP contribution in [0, 0.1) is 0 Å². The summed E-state index contributed by atoms with van der Waals surface area (Å²) >= 11 is 0. The fourth-order valence-electron chi connectivity index (χ4n) is 2.11. The van der Waals surface area contributed by atoms with Crippen molar-refractivity contribution < 1.29 is 19.1 Å². The Balaban J connectivity index is 2.21. The van der Waals surface area contributed by atoms with E-state index >= 15 is 0 Å². The number of carbonyl (C=O) groups excluding carboxylic acids is 2. The van der Waals surface area contributed by atoms with Crippen molar-refractivity contribution >= 4 is 11.9 Å². The summed E-state index contributed by atoms with van der Waals surface area (Å²) in [6, 6.07) is 0. The predicted octanol–water partition coefficient (Wildman–Crippen LogP) is 1.36. The molecule has 0 spiro atoms. The van der Waals surface area contributed by atoms with Crippen LogP contribution in [0.25, 0.3) is 0 Å². The molecule has 1 rings (SSSR count). The lowest BCUT2D eigenvalue weighted by Crippen LogP contribution is -2.41. The van der Waals surface area contributed by atoms with E-state index in [2.05, 4.69) is 0 Å². The fourth-order valence-corrected chi connectivity index (χ4v) is 2.11. The van der Waals surface area contributed by atoms with Gasteiger partial charge in [-0.05, 0) is 26.7 Å². The predicted molar refractivity (Wildman–Crippen MR) is 67.1 cm³/mol. The molecule has 0 aromatic heterocycles. The van der Waals surface area contributed by atoms with Crippen LogP contribution in [0.4, 0.5) is 0 Å². The highest BCUT2D eigenvalue weighted by Gasteiger charge is 2.23. The third-order valence-electron chi connectivity index (χ3n) is 3.05. The molecule has 0 unspecified atom stereocenters. The van der Waals surface area contributed by atoms with Crippen LogP contribution in [0.3, 0.4) is 0 Å². The molecule has 1 fully saturated rings. The van der Waals surface area contributed by atoms with Gasteiger partial charge in [0.15, 0.2) is 0 Å². The number of rotatable bonds is 6. The van der Waals surface area contributed by atoms with E-state index in [9.17, 15) is 9.59 Å². The van der Waals surface area contributed by atoms with Gasteiger partial charge in [0.1, 0.15) is 0 Å². The Morgan fingerprint density at radius 3 is 2.33 bits per heavy atom. The number of hydrogen-bond donors (Lipinski definition) is 0. The molecule has 1 aliphatic rings. The zero-order valence-corrected chi connectivity index (χ0v) is 11.3. The molecule has 0 radical (unpaired) electrons. The van der Waals surface area contributed by atoms with Gasteiger partial charge in [-0.25, -0.2) is 0 Å². The molecule has 0 atom stereocenters. The summed E-state index contributed by atoms with van der Waals surface area (Å²) in [6.07, 6.45) is 2.48. The SMILES string of the molecule is CCOC(=O)CCC(=O)N1CCC(OCC)CC1. The Kier molecular flexibility index (Phi) is 6.72. The number of piperidine rings is 1. The molecule has 0 aliphatic carbocycles. The molecule has 0 saturated carbocycles. The lowest BCUT2D eigenvalue weighted by Gasteiger charge is -2.31. The van der Waals surface area contributed by atoms with Gasteiger partial charge >= 0.3 is 5.97 Å². The molecular weight excluding hydrogens is 234 g/mol. The van der Waals surface area contributed by atoms with Crippen LogP contribution in [0.1, 0.15) is 39.5 Å². The van der Waals surface area contributed by atoms with Crippen molar-refractivity contribution in [3.05, 3.63) is 0 Å². The summed E-state index contributed by atoms with van der Waals surface area (Å²) in [4.78, 5) is 24.8. The molecule has 5 nitrogen and oxygen atoms in total. The molecular formula is C13H23NO4. The summed E-state index contributed by atoms with van der Waals surface area (Å²) in [6.45, 7) is 6.29. The minimum atomic E-state index is -0.296. The first-order valence-electron chi connectivity index (χ1n) is 6.72. The number of likely N-dealkylation sites (tertiary alicyclic amines) is 1.